The summed E-state index contributed by atoms with van der Waals surface area (Å²) in [4.78, 5) is 12.3. The number of methoxy groups -OCH3 is 1. The third-order valence-electron chi connectivity index (χ3n) is 3.16. The Morgan fingerprint density at radius 3 is 2.78 bits per heavy atom. The van der Waals surface area contributed by atoms with Crippen LogP contribution in [0.4, 0.5) is 10.1 Å². The van der Waals surface area contributed by atoms with Crippen LogP contribution in [0.25, 0.3) is 5.69 Å². The fraction of sp³-hybridized carbons (Fsp3) is 0.0667. The fourth-order valence-electron chi connectivity index (χ4n) is 2.04. The molecule has 1 amide bonds. The number of nitrogens with zero attached hydrogens (tertiary/aromatic N) is 4. The van der Waals surface area contributed by atoms with Gasteiger partial charge in [-0.15, -0.1) is 5.10 Å². The minimum Gasteiger partial charge on any atom is -0.494 e. The summed E-state index contributed by atoms with van der Waals surface area (Å²) in [6.45, 7) is 0. The Hall–Kier alpha value is -3.29. The third-order valence-corrected chi connectivity index (χ3v) is 3.16. The van der Waals surface area contributed by atoms with Crippen molar-refractivity contribution in [2.24, 2.45) is 0 Å². The van der Waals surface area contributed by atoms with Gasteiger partial charge in [0.2, 0.25) is 0 Å². The maximum Gasteiger partial charge on any atom is 0.255 e. The van der Waals surface area contributed by atoms with E-state index in [0.29, 0.717) is 17.0 Å². The topological polar surface area (TPSA) is 81.9 Å². The highest BCUT2D eigenvalue weighted by atomic mass is 19.1. The summed E-state index contributed by atoms with van der Waals surface area (Å²) < 4.78 is 20.3. The number of ether oxygens (including phenoxy) is 1. The number of hydrogen-bond donors (Lipinski definition) is 1. The van der Waals surface area contributed by atoms with Gasteiger partial charge in [-0.25, -0.2) is 4.39 Å². The van der Waals surface area contributed by atoms with E-state index in [4.69, 9.17) is 4.74 Å². The second-order valence-electron chi connectivity index (χ2n) is 4.57. The van der Waals surface area contributed by atoms with Gasteiger partial charge in [0.1, 0.15) is 23.6 Å². The van der Waals surface area contributed by atoms with Crippen molar-refractivity contribution in [3.05, 3.63) is 60.2 Å². The lowest BCUT2D eigenvalue weighted by molar-refractivity contribution is 0.102. The molecule has 0 radical (unpaired) electrons. The Labute approximate surface area is 130 Å². The quantitative estimate of drug-likeness (QED) is 0.797. The Morgan fingerprint density at radius 1 is 1.26 bits per heavy atom. The van der Waals surface area contributed by atoms with Gasteiger partial charge >= 0.3 is 0 Å². The van der Waals surface area contributed by atoms with Crippen molar-refractivity contribution >= 4 is 11.6 Å². The molecule has 3 rings (SSSR count). The van der Waals surface area contributed by atoms with Gasteiger partial charge in [0.15, 0.2) is 0 Å². The zero-order valence-corrected chi connectivity index (χ0v) is 12.1. The standard InChI is InChI=1S/C15H12FN5O2/c1-23-14-8-10(6-7-13(14)21-9-17-19-20-21)15(22)18-12-5-3-2-4-11(12)16/h2-9H,1H3,(H,18,22). The predicted molar refractivity (Wildman–Crippen MR) is 80.1 cm³/mol. The molecule has 1 aromatic heterocycles. The number of para-hydroxylation sites is 1. The van der Waals surface area contributed by atoms with Crippen LogP contribution in [0.5, 0.6) is 5.75 Å². The predicted octanol–water partition coefficient (Wildman–Crippen LogP) is 2.06. The Bertz CT molecular complexity index is 836. The number of halogens is 1. The maximum absolute atomic E-state index is 13.6. The molecule has 7 nitrogen and oxygen atoms in total. The van der Waals surface area contributed by atoms with Crippen LogP contribution < -0.4 is 10.1 Å². The molecule has 0 atom stereocenters. The molecule has 0 aliphatic rings. The first kappa shape index (κ1) is 14.6. The number of rotatable bonds is 4. The van der Waals surface area contributed by atoms with Crippen LogP contribution in [0.1, 0.15) is 10.4 Å². The highest BCUT2D eigenvalue weighted by Crippen LogP contribution is 2.24. The Kier molecular flexibility index (Phi) is 3.96. The lowest BCUT2D eigenvalue weighted by Gasteiger charge is -2.10. The Balaban J connectivity index is 1.89. The summed E-state index contributed by atoms with van der Waals surface area (Å²) in [6, 6.07) is 10.7. The number of tetrazole rings is 1. The van der Waals surface area contributed by atoms with E-state index in [1.54, 1.807) is 24.3 Å². The first-order valence-corrected chi connectivity index (χ1v) is 6.66. The summed E-state index contributed by atoms with van der Waals surface area (Å²) in [5.41, 5.74) is 1.02. The number of nitrogens with one attached hydrogen (secondary N) is 1. The molecule has 3 aromatic rings. The van der Waals surface area contributed by atoms with E-state index in [-0.39, 0.29) is 5.69 Å². The second kappa shape index (κ2) is 6.22. The molecular formula is C15H12FN5O2. The van der Waals surface area contributed by atoms with Crippen molar-refractivity contribution in [1.29, 1.82) is 0 Å². The van der Waals surface area contributed by atoms with Crippen molar-refractivity contribution < 1.29 is 13.9 Å². The number of aromatic nitrogens is 4. The SMILES string of the molecule is COc1cc(C(=O)Nc2ccccc2F)ccc1-n1cnnn1. The minimum atomic E-state index is -0.502. The molecule has 2 aromatic carbocycles. The van der Waals surface area contributed by atoms with E-state index in [2.05, 4.69) is 20.8 Å². The summed E-state index contributed by atoms with van der Waals surface area (Å²) in [5, 5.41) is 13.4. The lowest BCUT2D eigenvalue weighted by Crippen LogP contribution is -2.13. The van der Waals surface area contributed by atoms with E-state index in [9.17, 15) is 9.18 Å². The second-order valence-corrected chi connectivity index (χ2v) is 4.57. The molecule has 1 heterocycles. The normalized spacial score (nSPS) is 10.3. The average molecular weight is 313 g/mol. The highest BCUT2D eigenvalue weighted by molar-refractivity contribution is 6.04. The van der Waals surface area contributed by atoms with Crippen LogP contribution in [-0.4, -0.2) is 33.2 Å². The van der Waals surface area contributed by atoms with E-state index in [0.717, 1.165) is 0 Å². The van der Waals surface area contributed by atoms with Crippen molar-refractivity contribution in [3.63, 3.8) is 0 Å². The first-order valence-electron chi connectivity index (χ1n) is 6.66. The molecule has 23 heavy (non-hydrogen) atoms. The largest absolute Gasteiger partial charge is 0.494 e. The molecule has 0 bridgehead atoms. The smallest absolute Gasteiger partial charge is 0.255 e. The van der Waals surface area contributed by atoms with Crippen LogP contribution in [0.15, 0.2) is 48.8 Å². The van der Waals surface area contributed by atoms with Gasteiger partial charge in [-0.2, -0.15) is 4.68 Å². The van der Waals surface area contributed by atoms with E-state index >= 15 is 0 Å². The highest BCUT2D eigenvalue weighted by Gasteiger charge is 2.13. The molecule has 0 aliphatic heterocycles. The monoisotopic (exact) mass is 313 g/mol. The molecule has 0 saturated carbocycles. The number of hydrogen-bond acceptors (Lipinski definition) is 5. The molecular weight excluding hydrogens is 301 g/mol. The van der Waals surface area contributed by atoms with Crippen LogP contribution in [0.3, 0.4) is 0 Å². The number of benzene rings is 2. The molecule has 1 N–H and O–H groups in total. The molecule has 0 aliphatic carbocycles. The zero-order valence-electron chi connectivity index (χ0n) is 12.1. The molecule has 0 unspecified atom stereocenters. The van der Waals surface area contributed by atoms with Gasteiger partial charge in [0.25, 0.3) is 5.91 Å². The van der Waals surface area contributed by atoms with Gasteiger partial charge in [-0.3, -0.25) is 4.79 Å². The average Bonchev–Trinajstić information content (AvgIpc) is 3.10. The van der Waals surface area contributed by atoms with Crippen LogP contribution in [0.2, 0.25) is 0 Å². The van der Waals surface area contributed by atoms with Gasteiger partial charge < -0.3 is 10.1 Å². The molecule has 0 spiro atoms. The van der Waals surface area contributed by atoms with Crippen molar-refractivity contribution in [3.8, 4) is 11.4 Å². The zero-order chi connectivity index (χ0) is 16.2. The first-order chi connectivity index (χ1) is 11.2. The number of anilines is 1. The third kappa shape index (κ3) is 3.00. The Morgan fingerprint density at radius 2 is 2.09 bits per heavy atom. The maximum atomic E-state index is 13.6. The fourth-order valence-corrected chi connectivity index (χ4v) is 2.04. The van der Waals surface area contributed by atoms with E-state index in [1.807, 2.05) is 0 Å². The van der Waals surface area contributed by atoms with Gasteiger partial charge in [0.05, 0.1) is 12.8 Å². The number of amides is 1. The van der Waals surface area contributed by atoms with Crippen LogP contribution in [-0.2, 0) is 0 Å². The number of carbonyl (C=O) groups is 1. The molecule has 116 valence electrons. The van der Waals surface area contributed by atoms with Gasteiger partial charge in [-0.05, 0) is 40.8 Å². The summed E-state index contributed by atoms with van der Waals surface area (Å²) >= 11 is 0. The molecule has 0 saturated heterocycles. The van der Waals surface area contributed by atoms with E-state index < -0.39 is 11.7 Å². The molecule has 0 fully saturated rings. The number of carbonyl (C=O) groups excluding carboxylic acids is 1. The summed E-state index contributed by atoms with van der Waals surface area (Å²) in [6.07, 6.45) is 1.41. The van der Waals surface area contributed by atoms with Crippen molar-refractivity contribution in [2.75, 3.05) is 12.4 Å². The lowest BCUT2D eigenvalue weighted by atomic mass is 10.1. The van der Waals surface area contributed by atoms with Gasteiger partial charge in [0, 0.05) is 5.56 Å². The van der Waals surface area contributed by atoms with Crippen molar-refractivity contribution in [2.45, 2.75) is 0 Å². The van der Waals surface area contributed by atoms with Gasteiger partial charge in [-0.1, -0.05) is 12.1 Å². The van der Waals surface area contributed by atoms with E-state index in [1.165, 1.54) is 36.3 Å². The molecule has 8 heteroatoms. The minimum absolute atomic E-state index is 0.112. The van der Waals surface area contributed by atoms with Crippen molar-refractivity contribution in [1.82, 2.24) is 20.2 Å². The van der Waals surface area contributed by atoms with Crippen LogP contribution in [0, 0.1) is 5.82 Å². The summed E-state index contributed by atoms with van der Waals surface area (Å²) in [7, 11) is 1.47. The van der Waals surface area contributed by atoms with Crippen LogP contribution >= 0.6 is 0 Å². The summed E-state index contributed by atoms with van der Waals surface area (Å²) in [5.74, 6) is -0.534.